The van der Waals surface area contributed by atoms with E-state index >= 15 is 0 Å². The molecule has 0 aliphatic rings. The number of nitrogens with one attached hydrogen (secondary N) is 2. The SMILES string of the molecule is O=C(COc1ccc(C(F)(F)F)nc1)NCC[C@H](O)CNC(=O)COc1ccc(Cl)c(Cl)c1. The number of aromatic nitrogens is 1. The highest BCUT2D eigenvalue weighted by Gasteiger charge is 2.32. The normalized spacial score (nSPS) is 12.1. The van der Waals surface area contributed by atoms with Crippen LogP contribution in [0.4, 0.5) is 13.2 Å². The van der Waals surface area contributed by atoms with E-state index in [0.29, 0.717) is 10.8 Å². The van der Waals surface area contributed by atoms with Crippen LogP contribution in [0.5, 0.6) is 11.5 Å². The number of benzene rings is 1. The number of hydrogen-bond donors (Lipinski definition) is 3. The second-order valence-electron chi connectivity index (χ2n) is 6.63. The van der Waals surface area contributed by atoms with Gasteiger partial charge in [-0.1, -0.05) is 23.2 Å². The lowest BCUT2D eigenvalue weighted by Crippen LogP contribution is -2.37. The van der Waals surface area contributed by atoms with Gasteiger partial charge < -0.3 is 25.2 Å². The molecule has 1 heterocycles. The van der Waals surface area contributed by atoms with Crippen molar-refractivity contribution < 1.29 is 37.3 Å². The predicted molar refractivity (Wildman–Crippen MR) is 113 cm³/mol. The van der Waals surface area contributed by atoms with Crippen LogP contribution in [0, 0.1) is 0 Å². The summed E-state index contributed by atoms with van der Waals surface area (Å²) < 4.78 is 47.7. The van der Waals surface area contributed by atoms with Crippen LogP contribution in [0.2, 0.25) is 10.0 Å². The van der Waals surface area contributed by atoms with Gasteiger partial charge in [0.1, 0.15) is 17.2 Å². The van der Waals surface area contributed by atoms with E-state index in [1.165, 1.54) is 12.1 Å². The maximum absolute atomic E-state index is 12.4. The van der Waals surface area contributed by atoms with Gasteiger partial charge in [0.25, 0.3) is 11.8 Å². The molecule has 8 nitrogen and oxygen atoms in total. The van der Waals surface area contributed by atoms with E-state index in [1.807, 2.05) is 0 Å². The molecule has 0 saturated carbocycles. The number of pyridine rings is 1. The molecule has 2 amide bonds. The van der Waals surface area contributed by atoms with Crippen LogP contribution in [0.15, 0.2) is 36.5 Å². The largest absolute Gasteiger partial charge is 0.484 e. The number of carbonyl (C=O) groups is 2. The molecule has 33 heavy (non-hydrogen) atoms. The molecule has 180 valence electrons. The third kappa shape index (κ3) is 9.72. The lowest BCUT2D eigenvalue weighted by molar-refractivity contribution is -0.141. The monoisotopic (exact) mass is 509 g/mol. The number of carbonyl (C=O) groups excluding carboxylic acids is 2. The molecule has 0 aliphatic heterocycles. The van der Waals surface area contributed by atoms with Gasteiger partial charge in [0, 0.05) is 19.2 Å². The van der Waals surface area contributed by atoms with E-state index in [9.17, 15) is 27.9 Å². The highest BCUT2D eigenvalue weighted by atomic mass is 35.5. The van der Waals surface area contributed by atoms with Gasteiger partial charge >= 0.3 is 6.18 Å². The van der Waals surface area contributed by atoms with Crippen molar-refractivity contribution in [3.8, 4) is 11.5 Å². The lowest BCUT2D eigenvalue weighted by Gasteiger charge is -2.13. The van der Waals surface area contributed by atoms with Crippen molar-refractivity contribution in [3.05, 3.63) is 52.3 Å². The molecule has 0 aliphatic carbocycles. The Balaban J connectivity index is 1.58. The summed E-state index contributed by atoms with van der Waals surface area (Å²) >= 11 is 11.6. The molecule has 0 saturated heterocycles. The molecule has 3 N–H and O–H groups in total. The molecule has 2 aromatic rings. The lowest BCUT2D eigenvalue weighted by atomic mass is 10.2. The summed E-state index contributed by atoms with van der Waals surface area (Å²) in [5.74, 6) is -0.648. The quantitative estimate of drug-likeness (QED) is 0.429. The second kappa shape index (κ2) is 12.5. The third-order valence-corrected chi connectivity index (χ3v) is 4.73. The van der Waals surface area contributed by atoms with Crippen molar-refractivity contribution in [3.63, 3.8) is 0 Å². The Labute approximate surface area is 197 Å². The van der Waals surface area contributed by atoms with E-state index < -0.39 is 36.4 Å². The van der Waals surface area contributed by atoms with Gasteiger partial charge in [0.15, 0.2) is 13.2 Å². The van der Waals surface area contributed by atoms with Crippen LogP contribution in [0.3, 0.4) is 0 Å². The molecule has 2 rings (SSSR count). The molecular formula is C20H20Cl2F3N3O5. The van der Waals surface area contributed by atoms with Crippen molar-refractivity contribution in [1.29, 1.82) is 0 Å². The van der Waals surface area contributed by atoms with E-state index in [4.69, 9.17) is 32.7 Å². The topological polar surface area (TPSA) is 110 Å². The molecule has 0 fully saturated rings. The summed E-state index contributed by atoms with van der Waals surface area (Å²) in [5, 5.41) is 15.5. The first-order valence-electron chi connectivity index (χ1n) is 9.50. The Kier molecular flexibility index (Phi) is 10.0. The number of alkyl halides is 3. The zero-order chi connectivity index (χ0) is 24.4. The summed E-state index contributed by atoms with van der Waals surface area (Å²) in [7, 11) is 0. The van der Waals surface area contributed by atoms with Gasteiger partial charge in [0.2, 0.25) is 0 Å². The van der Waals surface area contributed by atoms with Crippen LogP contribution >= 0.6 is 23.2 Å². The fourth-order valence-electron chi connectivity index (χ4n) is 2.31. The Morgan fingerprint density at radius 1 is 1.00 bits per heavy atom. The standard InChI is InChI=1S/C20H20Cl2F3N3O5/c21-15-3-1-13(7-16(15)22)32-11-19(31)28-8-12(29)5-6-26-18(30)10-33-14-2-4-17(27-9-14)20(23,24)25/h1-4,7,9,12,29H,5-6,8,10-11H2,(H,26,30)(H,28,31)/t12-/m0/s1. The molecular weight excluding hydrogens is 490 g/mol. The Hall–Kier alpha value is -2.76. The van der Waals surface area contributed by atoms with Crippen molar-refractivity contribution in [2.45, 2.75) is 18.7 Å². The second-order valence-corrected chi connectivity index (χ2v) is 7.44. The average Bonchev–Trinajstić information content (AvgIpc) is 2.76. The smallest absolute Gasteiger partial charge is 0.433 e. The number of aliphatic hydroxyl groups excluding tert-OH is 1. The number of halogens is 5. The summed E-state index contributed by atoms with van der Waals surface area (Å²) in [6.45, 7) is -0.707. The summed E-state index contributed by atoms with van der Waals surface area (Å²) in [6.07, 6.45) is -4.48. The number of amides is 2. The number of ether oxygens (including phenoxy) is 2. The van der Waals surface area contributed by atoms with Crippen molar-refractivity contribution in [1.82, 2.24) is 15.6 Å². The molecule has 0 radical (unpaired) electrons. The van der Waals surface area contributed by atoms with Crippen molar-refractivity contribution >= 4 is 35.0 Å². The zero-order valence-electron chi connectivity index (χ0n) is 17.0. The van der Waals surface area contributed by atoms with Crippen molar-refractivity contribution in [2.75, 3.05) is 26.3 Å². The fraction of sp³-hybridized carbons (Fsp3) is 0.350. The molecule has 1 aromatic heterocycles. The first kappa shape index (κ1) is 26.5. The number of nitrogens with zero attached hydrogens (tertiary/aromatic N) is 1. The van der Waals surface area contributed by atoms with E-state index in [1.54, 1.807) is 6.07 Å². The van der Waals surface area contributed by atoms with Gasteiger partial charge in [-0.2, -0.15) is 13.2 Å². The fourth-order valence-corrected chi connectivity index (χ4v) is 2.60. The summed E-state index contributed by atoms with van der Waals surface area (Å²) in [6, 6.07) is 6.35. The Morgan fingerprint density at radius 2 is 1.64 bits per heavy atom. The molecule has 0 bridgehead atoms. The maximum Gasteiger partial charge on any atom is 0.433 e. The van der Waals surface area contributed by atoms with Crippen LogP contribution in [0.25, 0.3) is 0 Å². The maximum atomic E-state index is 12.4. The summed E-state index contributed by atoms with van der Waals surface area (Å²) in [5.41, 5.74) is -1.07. The van der Waals surface area contributed by atoms with E-state index in [-0.39, 0.29) is 36.9 Å². The van der Waals surface area contributed by atoms with E-state index in [2.05, 4.69) is 15.6 Å². The molecule has 0 unspecified atom stereocenters. The Bertz CT molecular complexity index is 946. The number of hydrogen-bond acceptors (Lipinski definition) is 6. The van der Waals surface area contributed by atoms with Gasteiger partial charge in [-0.15, -0.1) is 0 Å². The third-order valence-electron chi connectivity index (χ3n) is 3.99. The highest BCUT2D eigenvalue weighted by Crippen LogP contribution is 2.28. The number of rotatable bonds is 11. The van der Waals surface area contributed by atoms with Gasteiger partial charge in [-0.3, -0.25) is 9.59 Å². The minimum absolute atomic E-state index is 0.00369. The van der Waals surface area contributed by atoms with Crippen LogP contribution < -0.4 is 20.1 Å². The number of aliphatic hydroxyl groups is 1. The van der Waals surface area contributed by atoms with Crippen LogP contribution in [0.1, 0.15) is 12.1 Å². The minimum Gasteiger partial charge on any atom is -0.484 e. The van der Waals surface area contributed by atoms with Gasteiger partial charge in [-0.25, -0.2) is 4.98 Å². The van der Waals surface area contributed by atoms with Crippen LogP contribution in [-0.2, 0) is 15.8 Å². The van der Waals surface area contributed by atoms with Crippen molar-refractivity contribution in [2.24, 2.45) is 0 Å². The molecule has 1 aromatic carbocycles. The first-order chi connectivity index (χ1) is 15.5. The molecule has 1 atom stereocenters. The van der Waals surface area contributed by atoms with Gasteiger partial charge in [-0.05, 0) is 30.7 Å². The predicted octanol–water partition coefficient (Wildman–Crippen LogP) is 2.85. The average molecular weight is 510 g/mol. The van der Waals surface area contributed by atoms with E-state index in [0.717, 1.165) is 18.3 Å². The molecule has 0 spiro atoms. The van der Waals surface area contributed by atoms with Gasteiger partial charge in [0.05, 0.1) is 22.3 Å². The summed E-state index contributed by atoms with van der Waals surface area (Å²) in [4.78, 5) is 26.7. The minimum atomic E-state index is -4.56. The Morgan fingerprint density at radius 3 is 2.24 bits per heavy atom. The zero-order valence-corrected chi connectivity index (χ0v) is 18.5. The highest BCUT2D eigenvalue weighted by molar-refractivity contribution is 6.42. The molecule has 13 heteroatoms. The van der Waals surface area contributed by atoms with Crippen LogP contribution in [-0.4, -0.2) is 54.3 Å². The first-order valence-corrected chi connectivity index (χ1v) is 10.3.